The quantitative estimate of drug-likeness (QED) is 0.874. The van der Waals surface area contributed by atoms with Crippen molar-refractivity contribution in [1.82, 2.24) is 0 Å². The van der Waals surface area contributed by atoms with Gasteiger partial charge in [0.2, 0.25) is 12.5 Å². The van der Waals surface area contributed by atoms with Crippen LogP contribution in [0.3, 0.4) is 0 Å². The first kappa shape index (κ1) is 14.1. The third kappa shape index (κ3) is 2.28. The van der Waals surface area contributed by atoms with Gasteiger partial charge in [-0.25, -0.2) is 0 Å². The number of hydrogen-bond donors (Lipinski definition) is 1. The van der Waals surface area contributed by atoms with Crippen molar-refractivity contribution >= 4 is 5.78 Å². The Hall–Kier alpha value is -2.89. The zero-order valence-corrected chi connectivity index (χ0v) is 12.1. The Bertz CT molecular complexity index is 738. The molecule has 6 nitrogen and oxygen atoms in total. The van der Waals surface area contributed by atoms with Crippen LogP contribution < -0.4 is 18.9 Å². The highest BCUT2D eigenvalue weighted by molar-refractivity contribution is 6.10. The number of rotatable bonds is 4. The molecule has 1 aliphatic heterocycles. The molecule has 0 saturated carbocycles. The predicted molar refractivity (Wildman–Crippen MR) is 77.2 cm³/mol. The lowest BCUT2D eigenvalue weighted by molar-refractivity contribution is 0.103. The van der Waals surface area contributed by atoms with Crippen LogP contribution in [0.4, 0.5) is 0 Å². The maximum absolute atomic E-state index is 12.6. The first-order chi connectivity index (χ1) is 10.6. The van der Waals surface area contributed by atoms with Crippen LogP contribution in [0.5, 0.6) is 28.7 Å². The van der Waals surface area contributed by atoms with Gasteiger partial charge in [-0.2, -0.15) is 0 Å². The molecule has 0 fully saturated rings. The van der Waals surface area contributed by atoms with Crippen molar-refractivity contribution < 1.29 is 28.8 Å². The van der Waals surface area contributed by atoms with Crippen molar-refractivity contribution in [2.75, 3.05) is 21.0 Å². The molecule has 2 aromatic rings. The van der Waals surface area contributed by atoms with Crippen molar-refractivity contribution in [3.05, 3.63) is 41.5 Å². The standard InChI is InChI=1S/C16H14O6/c1-19-12-4-3-9(5-11(12)17)15(18)10-6-13(20-2)16-14(7-10)21-8-22-16/h3-7,17H,8H2,1-2H3. The van der Waals surface area contributed by atoms with E-state index < -0.39 is 0 Å². The van der Waals surface area contributed by atoms with Crippen LogP contribution >= 0.6 is 0 Å². The zero-order chi connectivity index (χ0) is 15.7. The van der Waals surface area contributed by atoms with Crippen LogP contribution in [0.25, 0.3) is 0 Å². The lowest BCUT2D eigenvalue weighted by Crippen LogP contribution is -2.02. The molecule has 1 aliphatic rings. The molecule has 3 rings (SSSR count). The monoisotopic (exact) mass is 302 g/mol. The van der Waals surface area contributed by atoms with Crippen molar-refractivity contribution in [2.45, 2.75) is 0 Å². The Balaban J connectivity index is 2.00. The largest absolute Gasteiger partial charge is 0.504 e. The Labute approximate surface area is 126 Å². The van der Waals surface area contributed by atoms with E-state index in [0.717, 1.165) is 0 Å². The van der Waals surface area contributed by atoms with E-state index in [0.29, 0.717) is 34.1 Å². The highest BCUT2D eigenvalue weighted by atomic mass is 16.7. The molecule has 114 valence electrons. The summed E-state index contributed by atoms with van der Waals surface area (Å²) >= 11 is 0. The van der Waals surface area contributed by atoms with E-state index in [-0.39, 0.29) is 18.3 Å². The molecule has 0 amide bonds. The number of methoxy groups -OCH3 is 2. The summed E-state index contributed by atoms with van der Waals surface area (Å²) in [5.41, 5.74) is 0.713. The van der Waals surface area contributed by atoms with Gasteiger partial charge in [0.05, 0.1) is 14.2 Å². The number of fused-ring (bicyclic) bond motifs is 1. The van der Waals surface area contributed by atoms with Crippen LogP contribution in [-0.4, -0.2) is 31.9 Å². The average molecular weight is 302 g/mol. The number of hydrogen-bond acceptors (Lipinski definition) is 6. The van der Waals surface area contributed by atoms with Gasteiger partial charge in [-0.05, 0) is 30.3 Å². The highest BCUT2D eigenvalue weighted by Crippen LogP contribution is 2.42. The van der Waals surface area contributed by atoms with Gasteiger partial charge in [-0.3, -0.25) is 4.79 Å². The van der Waals surface area contributed by atoms with E-state index in [9.17, 15) is 9.90 Å². The SMILES string of the molecule is COc1ccc(C(=O)c2cc(OC)c3c(c2)OCO3)cc1O. The number of ether oxygens (including phenoxy) is 4. The second-order valence-corrected chi connectivity index (χ2v) is 4.63. The van der Waals surface area contributed by atoms with Crippen LogP contribution in [0, 0.1) is 0 Å². The summed E-state index contributed by atoms with van der Waals surface area (Å²) in [5.74, 6) is 1.31. The van der Waals surface area contributed by atoms with Gasteiger partial charge in [-0.1, -0.05) is 0 Å². The molecule has 0 atom stereocenters. The summed E-state index contributed by atoms with van der Waals surface area (Å²) in [6.07, 6.45) is 0. The summed E-state index contributed by atoms with van der Waals surface area (Å²) in [7, 11) is 2.93. The van der Waals surface area contributed by atoms with Crippen LogP contribution in [0.1, 0.15) is 15.9 Å². The summed E-state index contributed by atoms with van der Waals surface area (Å²) in [4.78, 5) is 12.6. The Morgan fingerprint density at radius 1 is 1.05 bits per heavy atom. The molecule has 1 N–H and O–H groups in total. The summed E-state index contributed by atoms with van der Waals surface area (Å²) < 4.78 is 20.8. The number of phenolic OH excluding ortho intramolecular Hbond substituents is 1. The summed E-state index contributed by atoms with van der Waals surface area (Å²) in [6, 6.07) is 7.65. The third-order valence-corrected chi connectivity index (χ3v) is 3.36. The van der Waals surface area contributed by atoms with Crippen molar-refractivity contribution in [2.24, 2.45) is 0 Å². The van der Waals surface area contributed by atoms with Gasteiger partial charge in [0.1, 0.15) is 0 Å². The molecular formula is C16H14O6. The van der Waals surface area contributed by atoms with Crippen molar-refractivity contribution in [1.29, 1.82) is 0 Å². The number of phenols is 1. The lowest BCUT2D eigenvalue weighted by atomic mass is 10.0. The molecule has 0 bridgehead atoms. The van der Waals surface area contributed by atoms with Crippen LogP contribution in [-0.2, 0) is 0 Å². The van der Waals surface area contributed by atoms with Crippen molar-refractivity contribution in [3.63, 3.8) is 0 Å². The Morgan fingerprint density at radius 2 is 1.82 bits per heavy atom. The minimum Gasteiger partial charge on any atom is -0.504 e. The normalized spacial score (nSPS) is 12.1. The summed E-state index contributed by atoms with van der Waals surface area (Å²) in [6.45, 7) is 0.0899. The van der Waals surface area contributed by atoms with Crippen LogP contribution in [0.2, 0.25) is 0 Å². The molecular weight excluding hydrogens is 288 g/mol. The predicted octanol–water partition coefficient (Wildman–Crippen LogP) is 2.37. The fourth-order valence-electron chi connectivity index (χ4n) is 2.26. The van der Waals surface area contributed by atoms with E-state index >= 15 is 0 Å². The molecule has 22 heavy (non-hydrogen) atoms. The fourth-order valence-corrected chi connectivity index (χ4v) is 2.26. The number of carbonyl (C=O) groups is 1. The molecule has 1 heterocycles. The smallest absolute Gasteiger partial charge is 0.231 e. The minimum atomic E-state index is -0.269. The van der Waals surface area contributed by atoms with Crippen molar-refractivity contribution in [3.8, 4) is 28.7 Å². The second kappa shape index (κ2) is 5.48. The lowest BCUT2D eigenvalue weighted by Gasteiger charge is -2.09. The minimum absolute atomic E-state index is 0.0899. The maximum Gasteiger partial charge on any atom is 0.231 e. The average Bonchev–Trinajstić information content (AvgIpc) is 3.01. The van der Waals surface area contributed by atoms with Gasteiger partial charge in [-0.15, -0.1) is 0 Å². The third-order valence-electron chi connectivity index (χ3n) is 3.36. The van der Waals surface area contributed by atoms with E-state index in [1.807, 2.05) is 0 Å². The Morgan fingerprint density at radius 3 is 2.50 bits per heavy atom. The van der Waals surface area contributed by atoms with E-state index in [1.54, 1.807) is 18.2 Å². The topological polar surface area (TPSA) is 74.2 Å². The molecule has 6 heteroatoms. The molecule has 0 unspecified atom stereocenters. The number of benzene rings is 2. The van der Waals surface area contributed by atoms with E-state index in [2.05, 4.69) is 0 Å². The zero-order valence-electron chi connectivity index (χ0n) is 12.1. The number of aromatic hydroxyl groups is 1. The van der Waals surface area contributed by atoms with Gasteiger partial charge >= 0.3 is 0 Å². The second-order valence-electron chi connectivity index (χ2n) is 4.63. The number of ketones is 1. The Kier molecular flexibility index (Phi) is 3.50. The van der Waals surface area contributed by atoms with E-state index in [1.165, 1.54) is 26.4 Å². The van der Waals surface area contributed by atoms with Gasteiger partial charge in [0, 0.05) is 11.1 Å². The highest BCUT2D eigenvalue weighted by Gasteiger charge is 2.23. The molecule has 0 saturated heterocycles. The molecule has 0 aromatic heterocycles. The number of carbonyl (C=O) groups excluding carboxylic acids is 1. The van der Waals surface area contributed by atoms with Gasteiger partial charge in [0.15, 0.2) is 28.8 Å². The van der Waals surface area contributed by atoms with Crippen LogP contribution in [0.15, 0.2) is 30.3 Å². The van der Waals surface area contributed by atoms with Gasteiger partial charge < -0.3 is 24.1 Å². The van der Waals surface area contributed by atoms with E-state index in [4.69, 9.17) is 18.9 Å². The molecule has 0 aliphatic carbocycles. The van der Waals surface area contributed by atoms with Gasteiger partial charge in [0.25, 0.3) is 0 Å². The first-order valence-electron chi connectivity index (χ1n) is 6.53. The first-order valence-corrected chi connectivity index (χ1v) is 6.53. The summed E-state index contributed by atoms with van der Waals surface area (Å²) in [5, 5.41) is 9.80. The molecule has 0 spiro atoms. The molecule has 2 aromatic carbocycles. The maximum atomic E-state index is 12.6. The fraction of sp³-hybridized carbons (Fsp3) is 0.188. The molecule has 0 radical (unpaired) electrons.